The Bertz CT molecular complexity index is 347. The van der Waals surface area contributed by atoms with E-state index in [2.05, 4.69) is 18.8 Å². The molecule has 0 aliphatic rings. The third-order valence-electron chi connectivity index (χ3n) is 2.01. The van der Waals surface area contributed by atoms with E-state index >= 15 is 0 Å². The second-order valence-electron chi connectivity index (χ2n) is 3.48. The number of carbonyl (C=O) groups is 1. The molecular formula is C10H16N2O2S. The van der Waals surface area contributed by atoms with E-state index in [9.17, 15) is 4.79 Å². The summed E-state index contributed by atoms with van der Waals surface area (Å²) in [6, 6.07) is 0. The lowest BCUT2D eigenvalue weighted by molar-refractivity contribution is 0.0678. The lowest BCUT2D eigenvalue weighted by Crippen LogP contribution is -2.10. The van der Waals surface area contributed by atoms with Gasteiger partial charge in [-0.1, -0.05) is 13.8 Å². The zero-order chi connectivity index (χ0) is 11.4. The fourth-order valence-electron chi connectivity index (χ4n) is 1.30. The summed E-state index contributed by atoms with van der Waals surface area (Å²) in [5.74, 6) is -0.0132. The Morgan fingerprint density at radius 3 is 2.80 bits per heavy atom. The summed E-state index contributed by atoms with van der Waals surface area (Å²) in [4.78, 5) is 14.8. The summed E-state index contributed by atoms with van der Waals surface area (Å²) >= 11 is 1.79. The minimum Gasteiger partial charge on any atom is -0.475 e. The maximum Gasteiger partial charge on any atom is 0.372 e. The molecule has 15 heavy (non-hydrogen) atoms. The number of aromatic nitrogens is 2. The first-order valence-electron chi connectivity index (χ1n) is 4.95. The molecule has 4 nitrogen and oxygen atoms in total. The van der Waals surface area contributed by atoms with Crippen LogP contribution in [0.25, 0.3) is 0 Å². The summed E-state index contributed by atoms with van der Waals surface area (Å²) in [6.45, 7) is 6.82. The van der Waals surface area contributed by atoms with Crippen LogP contribution in [-0.2, 0) is 12.3 Å². The smallest absolute Gasteiger partial charge is 0.372 e. The van der Waals surface area contributed by atoms with Crippen LogP contribution in [0.3, 0.4) is 0 Å². The summed E-state index contributed by atoms with van der Waals surface area (Å²) in [5, 5.41) is 9.44. The molecule has 1 aromatic heterocycles. The Hall–Kier alpha value is -0.970. The first kappa shape index (κ1) is 12.1. The first-order valence-corrected chi connectivity index (χ1v) is 6.00. The topological polar surface area (TPSA) is 55.1 Å². The monoisotopic (exact) mass is 228 g/mol. The van der Waals surface area contributed by atoms with Gasteiger partial charge in [-0.25, -0.2) is 9.78 Å². The third kappa shape index (κ3) is 2.99. The number of carboxylic acids is 1. The van der Waals surface area contributed by atoms with Gasteiger partial charge in [0.15, 0.2) is 0 Å². The number of imidazole rings is 1. The van der Waals surface area contributed by atoms with Crippen LogP contribution < -0.4 is 0 Å². The van der Waals surface area contributed by atoms with Crippen molar-refractivity contribution >= 4 is 17.7 Å². The van der Waals surface area contributed by atoms with E-state index in [4.69, 9.17) is 5.11 Å². The number of aromatic carboxylic acids is 1. The van der Waals surface area contributed by atoms with Gasteiger partial charge in [-0.2, -0.15) is 11.8 Å². The van der Waals surface area contributed by atoms with Crippen molar-refractivity contribution in [1.82, 2.24) is 9.55 Å². The van der Waals surface area contributed by atoms with Gasteiger partial charge in [-0.15, -0.1) is 0 Å². The van der Waals surface area contributed by atoms with E-state index in [1.165, 1.54) is 0 Å². The molecule has 5 heteroatoms. The second kappa shape index (κ2) is 5.21. The van der Waals surface area contributed by atoms with E-state index in [1.807, 2.05) is 6.92 Å². The SMILES string of the molecule is CCn1c(CSC(C)C)cnc1C(=O)O. The quantitative estimate of drug-likeness (QED) is 0.839. The summed E-state index contributed by atoms with van der Waals surface area (Å²) in [6.07, 6.45) is 1.66. The Balaban J connectivity index is 2.84. The zero-order valence-corrected chi connectivity index (χ0v) is 10.0. The molecule has 84 valence electrons. The normalized spacial score (nSPS) is 10.9. The maximum atomic E-state index is 10.8. The van der Waals surface area contributed by atoms with Gasteiger partial charge in [0.1, 0.15) is 0 Å². The van der Waals surface area contributed by atoms with E-state index in [1.54, 1.807) is 22.5 Å². The van der Waals surface area contributed by atoms with Gasteiger partial charge in [0, 0.05) is 24.2 Å². The van der Waals surface area contributed by atoms with E-state index in [0.717, 1.165) is 11.4 Å². The predicted octanol–water partition coefficient (Wildman–Crippen LogP) is 2.24. The Morgan fingerprint density at radius 2 is 2.33 bits per heavy atom. The van der Waals surface area contributed by atoms with Gasteiger partial charge in [-0.05, 0) is 12.2 Å². The van der Waals surface area contributed by atoms with Crippen LogP contribution >= 0.6 is 11.8 Å². The van der Waals surface area contributed by atoms with Crippen molar-refractivity contribution in [3.8, 4) is 0 Å². The summed E-state index contributed by atoms with van der Waals surface area (Å²) in [7, 11) is 0. The fourth-order valence-corrected chi connectivity index (χ4v) is 2.04. The highest BCUT2D eigenvalue weighted by molar-refractivity contribution is 7.99. The average molecular weight is 228 g/mol. The van der Waals surface area contributed by atoms with Crippen LogP contribution in [0.15, 0.2) is 6.20 Å². The molecule has 1 aromatic rings. The van der Waals surface area contributed by atoms with Crippen LogP contribution in [-0.4, -0.2) is 25.9 Å². The average Bonchev–Trinajstić information content (AvgIpc) is 2.57. The molecule has 1 heterocycles. The molecule has 0 fully saturated rings. The first-order chi connectivity index (χ1) is 7.06. The molecule has 0 aliphatic carbocycles. The van der Waals surface area contributed by atoms with Crippen LogP contribution in [0.4, 0.5) is 0 Å². The largest absolute Gasteiger partial charge is 0.475 e. The van der Waals surface area contributed by atoms with Gasteiger partial charge in [0.25, 0.3) is 0 Å². The van der Waals surface area contributed by atoms with Gasteiger partial charge in [-0.3, -0.25) is 0 Å². The Kier molecular flexibility index (Phi) is 4.20. The van der Waals surface area contributed by atoms with Crippen LogP contribution in [0, 0.1) is 0 Å². The fraction of sp³-hybridized carbons (Fsp3) is 0.600. The molecule has 0 saturated heterocycles. The Morgan fingerprint density at radius 1 is 1.67 bits per heavy atom. The van der Waals surface area contributed by atoms with Crippen molar-refractivity contribution < 1.29 is 9.90 Å². The number of hydrogen-bond acceptors (Lipinski definition) is 3. The molecular weight excluding hydrogens is 212 g/mol. The van der Waals surface area contributed by atoms with Gasteiger partial charge in [0.05, 0.1) is 0 Å². The van der Waals surface area contributed by atoms with Crippen LogP contribution in [0.2, 0.25) is 0 Å². The molecule has 0 radical (unpaired) electrons. The summed E-state index contributed by atoms with van der Waals surface area (Å²) < 4.78 is 1.75. The van der Waals surface area contributed by atoms with Crippen molar-refractivity contribution in [2.45, 2.75) is 38.3 Å². The predicted molar refractivity (Wildman–Crippen MR) is 61.3 cm³/mol. The number of nitrogens with zero attached hydrogens (tertiary/aromatic N) is 2. The molecule has 1 N–H and O–H groups in total. The van der Waals surface area contributed by atoms with Gasteiger partial charge < -0.3 is 9.67 Å². The van der Waals surface area contributed by atoms with E-state index in [-0.39, 0.29) is 5.82 Å². The van der Waals surface area contributed by atoms with E-state index < -0.39 is 5.97 Å². The Labute approximate surface area is 93.7 Å². The molecule has 0 spiro atoms. The molecule has 0 aliphatic heterocycles. The van der Waals surface area contributed by atoms with Crippen molar-refractivity contribution in [3.63, 3.8) is 0 Å². The van der Waals surface area contributed by atoms with Crippen LogP contribution in [0.1, 0.15) is 37.1 Å². The molecule has 0 bridgehead atoms. The van der Waals surface area contributed by atoms with Crippen molar-refractivity contribution in [2.75, 3.05) is 0 Å². The third-order valence-corrected chi connectivity index (χ3v) is 3.14. The highest BCUT2D eigenvalue weighted by Gasteiger charge is 2.14. The van der Waals surface area contributed by atoms with Crippen molar-refractivity contribution in [3.05, 3.63) is 17.7 Å². The van der Waals surface area contributed by atoms with Gasteiger partial charge >= 0.3 is 5.97 Å². The number of hydrogen-bond donors (Lipinski definition) is 1. The van der Waals surface area contributed by atoms with Crippen molar-refractivity contribution in [2.24, 2.45) is 0 Å². The lowest BCUT2D eigenvalue weighted by Gasteiger charge is -2.08. The minimum atomic E-state index is -0.961. The highest BCUT2D eigenvalue weighted by atomic mass is 32.2. The number of thioether (sulfide) groups is 1. The van der Waals surface area contributed by atoms with Crippen LogP contribution in [0.5, 0.6) is 0 Å². The molecule has 0 amide bonds. The van der Waals surface area contributed by atoms with Crippen molar-refractivity contribution in [1.29, 1.82) is 0 Å². The number of rotatable bonds is 5. The summed E-state index contributed by atoms with van der Waals surface area (Å²) in [5.41, 5.74) is 0.980. The number of carboxylic acid groups (broad SMARTS) is 1. The standard InChI is InChI=1S/C10H16N2O2S/c1-4-12-8(6-15-7(2)3)5-11-9(12)10(13)14/h5,7H,4,6H2,1-3H3,(H,13,14). The maximum absolute atomic E-state index is 10.8. The van der Waals surface area contributed by atoms with Gasteiger partial charge in [0.2, 0.25) is 5.82 Å². The zero-order valence-electron chi connectivity index (χ0n) is 9.23. The molecule has 0 atom stereocenters. The molecule has 1 rings (SSSR count). The molecule has 0 unspecified atom stereocenters. The molecule has 0 saturated carbocycles. The highest BCUT2D eigenvalue weighted by Crippen LogP contribution is 2.18. The second-order valence-corrected chi connectivity index (χ2v) is 5.05. The van der Waals surface area contributed by atoms with E-state index in [0.29, 0.717) is 11.8 Å². The lowest BCUT2D eigenvalue weighted by atomic mass is 10.5. The molecule has 0 aromatic carbocycles. The minimum absolute atomic E-state index is 0.136.